The van der Waals surface area contributed by atoms with E-state index in [0.29, 0.717) is 38.6 Å². The first-order valence-electron chi connectivity index (χ1n) is 9.58. The maximum Gasteiger partial charge on any atom is 0.191 e. The van der Waals surface area contributed by atoms with Crippen molar-refractivity contribution in [1.82, 2.24) is 15.5 Å². The first kappa shape index (κ1) is 19.5. The Balaban J connectivity index is 1.81. The molecule has 0 aromatic rings. The molecule has 0 aromatic carbocycles. The first-order chi connectivity index (χ1) is 11.5. The van der Waals surface area contributed by atoms with Crippen LogP contribution in [0.5, 0.6) is 0 Å². The van der Waals surface area contributed by atoms with Crippen molar-refractivity contribution in [2.75, 3.05) is 45.9 Å². The molecule has 6 nitrogen and oxygen atoms in total. The van der Waals surface area contributed by atoms with Crippen LogP contribution >= 0.6 is 0 Å². The van der Waals surface area contributed by atoms with Crippen LogP contribution in [0.1, 0.15) is 46.5 Å². The van der Waals surface area contributed by atoms with Gasteiger partial charge in [-0.05, 0) is 25.7 Å². The Labute approximate surface area is 147 Å². The lowest BCUT2D eigenvalue weighted by Gasteiger charge is -2.34. The zero-order valence-electron chi connectivity index (χ0n) is 15.7. The number of likely N-dealkylation sites (tertiary alicyclic amines) is 1. The number of nitrogens with one attached hydrogen (secondary N) is 2. The molecule has 0 unspecified atom stereocenters. The third kappa shape index (κ3) is 6.57. The second-order valence-electron chi connectivity index (χ2n) is 7.64. The molecule has 2 rings (SSSR count). The van der Waals surface area contributed by atoms with Gasteiger partial charge in [0.05, 0.1) is 12.1 Å². The number of nitrogens with zero attached hydrogens (tertiary/aromatic N) is 2. The predicted molar refractivity (Wildman–Crippen MR) is 98.4 cm³/mol. The Kier molecular flexibility index (Phi) is 7.78. The number of piperidine rings is 1. The van der Waals surface area contributed by atoms with Crippen LogP contribution in [-0.4, -0.2) is 73.5 Å². The second-order valence-corrected chi connectivity index (χ2v) is 7.64. The molecule has 140 valence electrons. The Bertz CT molecular complexity index is 386. The minimum Gasteiger partial charge on any atom is -0.388 e. The van der Waals surface area contributed by atoms with E-state index >= 15 is 0 Å². The smallest absolute Gasteiger partial charge is 0.191 e. The molecular weight excluding hydrogens is 304 g/mol. The largest absolute Gasteiger partial charge is 0.388 e. The van der Waals surface area contributed by atoms with Crippen LogP contribution in [0.2, 0.25) is 0 Å². The molecular formula is C18H36N4O2. The summed E-state index contributed by atoms with van der Waals surface area (Å²) in [5.74, 6) is 1.56. The molecule has 0 radical (unpaired) electrons. The highest BCUT2D eigenvalue weighted by atomic mass is 16.5. The maximum atomic E-state index is 10.6. The van der Waals surface area contributed by atoms with Crippen molar-refractivity contribution < 1.29 is 9.84 Å². The summed E-state index contributed by atoms with van der Waals surface area (Å²) in [6.07, 6.45) is 3.64. The topological polar surface area (TPSA) is 69.1 Å². The lowest BCUT2D eigenvalue weighted by molar-refractivity contribution is -0.0566. The number of aliphatic hydroxyl groups is 1. The van der Waals surface area contributed by atoms with E-state index < -0.39 is 5.60 Å². The summed E-state index contributed by atoms with van der Waals surface area (Å²) in [5.41, 5.74) is -0.707. The van der Waals surface area contributed by atoms with E-state index in [1.54, 1.807) is 0 Å². The molecule has 2 aliphatic heterocycles. The Morgan fingerprint density at radius 3 is 2.54 bits per heavy atom. The SMILES string of the molecule is CCNC(=NCC1(O)CCOCC1)NC1CCN(CC(C)C)CC1. The Hall–Kier alpha value is -0.850. The van der Waals surface area contributed by atoms with Gasteiger partial charge in [-0.15, -0.1) is 0 Å². The van der Waals surface area contributed by atoms with Crippen molar-refractivity contribution in [2.45, 2.75) is 58.1 Å². The first-order valence-corrected chi connectivity index (χ1v) is 9.58. The Morgan fingerprint density at radius 2 is 1.96 bits per heavy atom. The summed E-state index contributed by atoms with van der Waals surface area (Å²) in [7, 11) is 0. The zero-order chi connectivity index (χ0) is 17.4. The van der Waals surface area contributed by atoms with Crippen molar-refractivity contribution >= 4 is 5.96 Å². The van der Waals surface area contributed by atoms with Gasteiger partial charge < -0.3 is 25.4 Å². The van der Waals surface area contributed by atoms with Crippen LogP contribution < -0.4 is 10.6 Å². The molecule has 0 atom stereocenters. The fourth-order valence-corrected chi connectivity index (χ4v) is 3.43. The number of guanidine groups is 1. The fourth-order valence-electron chi connectivity index (χ4n) is 3.43. The Morgan fingerprint density at radius 1 is 1.29 bits per heavy atom. The highest BCUT2D eigenvalue weighted by Gasteiger charge is 2.29. The van der Waals surface area contributed by atoms with E-state index in [1.807, 2.05) is 0 Å². The number of rotatable bonds is 6. The minimum atomic E-state index is -0.707. The molecule has 0 aliphatic carbocycles. The van der Waals surface area contributed by atoms with Gasteiger partial charge in [-0.25, -0.2) is 0 Å². The summed E-state index contributed by atoms with van der Waals surface area (Å²) in [5, 5.41) is 17.4. The highest BCUT2D eigenvalue weighted by Crippen LogP contribution is 2.20. The third-order valence-electron chi connectivity index (χ3n) is 4.85. The van der Waals surface area contributed by atoms with Crippen LogP contribution in [0.15, 0.2) is 4.99 Å². The van der Waals surface area contributed by atoms with Crippen LogP contribution in [0.3, 0.4) is 0 Å². The molecule has 2 saturated heterocycles. The predicted octanol–water partition coefficient (Wildman–Crippen LogP) is 1.20. The summed E-state index contributed by atoms with van der Waals surface area (Å²) >= 11 is 0. The van der Waals surface area contributed by atoms with Gasteiger partial charge in [0.15, 0.2) is 5.96 Å². The van der Waals surface area contributed by atoms with Gasteiger partial charge in [-0.1, -0.05) is 13.8 Å². The van der Waals surface area contributed by atoms with Crippen LogP contribution in [0.25, 0.3) is 0 Å². The maximum absolute atomic E-state index is 10.6. The van der Waals surface area contributed by atoms with Gasteiger partial charge in [0.1, 0.15) is 0 Å². The summed E-state index contributed by atoms with van der Waals surface area (Å²) in [6, 6.07) is 0.468. The van der Waals surface area contributed by atoms with Gasteiger partial charge in [0.2, 0.25) is 0 Å². The molecule has 0 aromatic heterocycles. The third-order valence-corrected chi connectivity index (χ3v) is 4.85. The van der Waals surface area contributed by atoms with E-state index in [4.69, 9.17) is 4.74 Å². The fraction of sp³-hybridized carbons (Fsp3) is 0.944. The number of ether oxygens (including phenoxy) is 1. The average molecular weight is 341 g/mol. The van der Waals surface area contributed by atoms with Crippen molar-refractivity contribution in [1.29, 1.82) is 0 Å². The molecule has 6 heteroatoms. The van der Waals surface area contributed by atoms with Crippen molar-refractivity contribution in [3.8, 4) is 0 Å². The van der Waals surface area contributed by atoms with Gasteiger partial charge in [-0.3, -0.25) is 4.99 Å². The van der Waals surface area contributed by atoms with Gasteiger partial charge in [0, 0.05) is 58.3 Å². The molecule has 24 heavy (non-hydrogen) atoms. The zero-order valence-corrected chi connectivity index (χ0v) is 15.7. The van der Waals surface area contributed by atoms with Gasteiger partial charge in [-0.2, -0.15) is 0 Å². The summed E-state index contributed by atoms with van der Waals surface area (Å²) in [4.78, 5) is 7.20. The quantitative estimate of drug-likeness (QED) is 0.501. The molecule has 0 saturated carbocycles. The van der Waals surface area contributed by atoms with Crippen LogP contribution in [0.4, 0.5) is 0 Å². The molecule has 2 heterocycles. The number of hydrogen-bond acceptors (Lipinski definition) is 4. The monoisotopic (exact) mass is 340 g/mol. The van der Waals surface area contributed by atoms with E-state index in [9.17, 15) is 5.11 Å². The van der Waals surface area contributed by atoms with Crippen LogP contribution in [-0.2, 0) is 4.74 Å². The molecule has 0 bridgehead atoms. The molecule has 0 spiro atoms. The van der Waals surface area contributed by atoms with Crippen molar-refractivity contribution in [3.63, 3.8) is 0 Å². The van der Waals surface area contributed by atoms with E-state index in [0.717, 1.165) is 44.4 Å². The van der Waals surface area contributed by atoms with E-state index in [-0.39, 0.29) is 0 Å². The average Bonchev–Trinajstić information content (AvgIpc) is 2.55. The van der Waals surface area contributed by atoms with Crippen molar-refractivity contribution in [3.05, 3.63) is 0 Å². The lowest BCUT2D eigenvalue weighted by Crippen LogP contribution is -2.50. The number of hydrogen-bond donors (Lipinski definition) is 3. The van der Waals surface area contributed by atoms with E-state index in [1.165, 1.54) is 6.54 Å². The van der Waals surface area contributed by atoms with Crippen LogP contribution in [0, 0.1) is 5.92 Å². The molecule has 2 fully saturated rings. The van der Waals surface area contributed by atoms with Gasteiger partial charge >= 0.3 is 0 Å². The number of aliphatic imine (C=N–C) groups is 1. The second kappa shape index (κ2) is 9.59. The molecule has 3 N–H and O–H groups in total. The minimum absolute atomic E-state index is 0.442. The molecule has 2 aliphatic rings. The summed E-state index contributed by atoms with van der Waals surface area (Å²) in [6.45, 7) is 12.7. The normalized spacial score (nSPS) is 23.5. The lowest BCUT2D eigenvalue weighted by atomic mass is 9.95. The summed E-state index contributed by atoms with van der Waals surface area (Å²) < 4.78 is 5.33. The van der Waals surface area contributed by atoms with Crippen molar-refractivity contribution in [2.24, 2.45) is 10.9 Å². The molecule has 0 amide bonds. The van der Waals surface area contributed by atoms with E-state index in [2.05, 4.69) is 41.3 Å². The standard InChI is InChI=1S/C18H36N4O2/c1-4-19-17(20-14-18(23)7-11-24-12-8-18)21-16-5-9-22(10-6-16)13-15(2)3/h15-16,23H,4-14H2,1-3H3,(H2,19,20,21). The van der Waals surface area contributed by atoms with Gasteiger partial charge in [0.25, 0.3) is 0 Å². The highest BCUT2D eigenvalue weighted by molar-refractivity contribution is 5.80.